The van der Waals surface area contributed by atoms with E-state index in [0.29, 0.717) is 11.3 Å². The van der Waals surface area contributed by atoms with Crippen LogP contribution in [-0.4, -0.2) is 30.8 Å². The molecule has 0 radical (unpaired) electrons. The Labute approximate surface area is 130 Å². The van der Waals surface area contributed by atoms with Crippen molar-refractivity contribution in [2.24, 2.45) is 0 Å². The van der Waals surface area contributed by atoms with E-state index in [1.54, 1.807) is 25.2 Å². The zero-order chi connectivity index (χ0) is 15.2. The van der Waals surface area contributed by atoms with Gasteiger partial charge in [0.1, 0.15) is 5.88 Å². The lowest BCUT2D eigenvalue weighted by atomic mass is 9.95. The predicted molar refractivity (Wildman–Crippen MR) is 84.9 cm³/mol. The molecular formula is C16H21ClN2O2. The number of rotatable bonds is 4. The van der Waals surface area contributed by atoms with Gasteiger partial charge in [0.2, 0.25) is 5.91 Å². The zero-order valence-electron chi connectivity index (χ0n) is 12.3. The van der Waals surface area contributed by atoms with Crippen LogP contribution < -0.4 is 10.2 Å². The van der Waals surface area contributed by atoms with E-state index in [0.717, 1.165) is 25.7 Å². The lowest BCUT2D eigenvalue weighted by molar-refractivity contribution is -0.116. The molecule has 0 heterocycles. The highest BCUT2D eigenvalue weighted by Gasteiger charge is 2.21. The first-order valence-corrected chi connectivity index (χ1v) is 7.89. The van der Waals surface area contributed by atoms with Crippen molar-refractivity contribution in [2.45, 2.75) is 38.1 Å². The van der Waals surface area contributed by atoms with Gasteiger partial charge in [-0.3, -0.25) is 9.59 Å². The van der Waals surface area contributed by atoms with Crippen molar-refractivity contribution in [2.75, 3.05) is 17.8 Å². The Morgan fingerprint density at radius 2 is 1.90 bits per heavy atom. The average molecular weight is 309 g/mol. The van der Waals surface area contributed by atoms with Gasteiger partial charge in [-0.2, -0.15) is 0 Å². The summed E-state index contributed by atoms with van der Waals surface area (Å²) in [6.07, 6.45) is 5.64. The Morgan fingerprint density at radius 3 is 2.57 bits per heavy atom. The molecule has 1 aromatic carbocycles. The van der Waals surface area contributed by atoms with Gasteiger partial charge in [0.25, 0.3) is 5.91 Å². The van der Waals surface area contributed by atoms with E-state index >= 15 is 0 Å². The second-order valence-corrected chi connectivity index (χ2v) is 5.68. The van der Waals surface area contributed by atoms with Crippen LogP contribution in [0.25, 0.3) is 0 Å². The summed E-state index contributed by atoms with van der Waals surface area (Å²) in [5.74, 6) is -0.448. The number of hydrogen-bond donors (Lipinski definition) is 1. The second-order valence-electron chi connectivity index (χ2n) is 5.41. The molecule has 0 aliphatic heterocycles. The van der Waals surface area contributed by atoms with Crippen LogP contribution in [-0.2, 0) is 4.79 Å². The molecule has 5 heteroatoms. The van der Waals surface area contributed by atoms with Crippen LogP contribution in [0, 0.1) is 0 Å². The maximum Gasteiger partial charge on any atom is 0.253 e. The summed E-state index contributed by atoms with van der Waals surface area (Å²) in [4.78, 5) is 25.6. The van der Waals surface area contributed by atoms with E-state index in [1.165, 1.54) is 11.3 Å². The number of alkyl halides is 1. The van der Waals surface area contributed by atoms with E-state index in [9.17, 15) is 9.59 Å². The number of amides is 2. The highest BCUT2D eigenvalue weighted by atomic mass is 35.5. The molecule has 2 amide bonds. The van der Waals surface area contributed by atoms with Crippen molar-refractivity contribution in [1.29, 1.82) is 0 Å². The van der Waals surface area contributed by atoms with Crippen LogP contribution >= 0.6 is 11.6 Å². The quantitative estimate of drug-likeness (QED) is 0.869. The third-order valence-electron chi connectivity index (χ3n) is 3.94. The SMILES string of the molecule is CN(C(=O)CCl)c1ccccc1C(=O)NC1CCCCC1. The molecule has 4 nitrogen and oxygen atoms in total. The number of nitrogens with zero attached hydrogens (tertiary/aromatic N) is 1. The standard InChI is InChI=1S/C16H21ClN2O2/c1-19(15(20)11-17)14-10-6-5-9-13(14)16(21)18-12-7-3-2-4-8-12/h5-6,9-10,12H,2-4,7-8,11H2,1H3,(H,18,21). The van der Waals surface area contributed by atoms with Crippen LogP contribution in [0.4, 0.5) is 5.69 Å². The third kappa shape index (κ3) is 3.97. The molecule has 0 aromatic heterocycles. The molecular weight excluding hydrogens is 288 g/mol. The molecule has 0 spiro atoms. The summed E-state index contributed by atoms with van der Waals surface area (Å²) < 4.78 is 0. The minimum absolute atomic E-state index is 0.102. The minimum atomic E-state index is -0.227. The van der Waals surface area contributed by atoms with Crippen LogP contribution in [0.2, 0.25) is 0 Å². The number of benzene rings is 1. The first-order chi connectivity index (χ1) is 10.1. The molecule has 0 unspecified atom stereocenters. The predicted octanol–water partition coefficient (Wildman–Crippen LogP) is 2.95. The first kappa shape index (κ1) is 15.8. The third-order valence-corrected chi connectivity index (χ3v) is 4.17. The van der Waals surface area contributed by atoms with Gasteiger partial charge in [0.15, 0.2) is 0 Å². The van der Waals surface area contributed by atoms with Gasteiger partial charge >= 0.3 is 0 Å². The lowest BCUT2D eigenvalue weighted by Gasteiger charge is -2.24. The molecule has 0 atom stereocenters. The van der Waals surface area contributed by atoms with E-state index in [4.69, 9.17) is 11.6 Å². The summed E-state index contributed by atoms with van der Waals surface area (Å²) in [6.45, 7) is 0. The summed E-state index contributed by atoms with van der Waals surface area (Å²) in [7, 11) is 1.64. The topological polar surface area (TPSA) is 49.4 Å². The van der Waals surface area contributed by atoms with Gasteiger partial charge in [-0.25, -0.2) is 0 Å². The van der Waals surface area contributed by atoms with Crippen molar-refractivity contribution in [3.8, 4) is 0 Å². The molecule has 1 fully saturated rings. The molecule has 114 valence electrons. The summed E-state index contributed by atoms with van der Waals surface area (Å²) in [6, 6.07) is 7.36. The number of carbonyl (C=O) groups excluding carboxylic acids is 2. The molecule has 1 aliphatic rings. The van der Waals surface area contributed by atoms with Gasteiger partial charge in [0, 0.05) is 13.1 Å². The number of nitrogens with one attached hydrogen (secondary N) is 1. The van der Waals surface area contributed by atoms with Crippen molar-refractivity contribution in [3.05, 3.63) is 29.8 Å². The first-order valence-electron chi connectivity index (χ1n) is 7.36. The van der Waals surface area contributed by atoms with Crippen molar-refractivity contribution >= 4 is 29.1 Å². The summed E-state index contributed by atoms with van der Waals surface area (Å²) in [5, 5.41) is 3.08. The molecule has 2 rings (SSSR count). The summed E-state index contributed by atoms with van der Waals surface area (Å²) >= 11 is 5.59. The number of halogens is 1. The fourth-order valence-corrected chi connectivity index (χ4v) is 2.87. The minimum Gasteiger partial charge on any atom is -0.349 e. The second kappa shape index (κ2) is 7.46. The Hall–Kier alpha value is -1.55. The molecule has 1 aromatic rings. The number of para-hydroxylation sites is 1. The maximum atomic E-state index is 12.5. The Kier molecular flexibility index (Phi) is 5.62. The van der Waals surface area contributed by atoms with Crippen molar-refractivity contribution in [1.82, 2.24) is 5.32 Å². The smallest absolute Gasteiger partial charge is 0.253 e. The van der Waals surface area contributed by atoms with Gasteiger partial charge in [-0.1, -0.05) is 31.4 Å². The van der Waals surface area contributed by atoms with E-state index in [-0.39, 0.29) is 23.7 Å². The van der Waals surface area contributed by atoms with Crippen molar-refractivity contribution < 1.29 is 9.59 Å². The van der Waals surface area contributed by atoms with Gasteiger partial charge in [-0.15, -0.1) is 11.6 Å². The van der Waals surface area contributed by atoms with Gasteiger partial charge < -0.3 is 10.2 Å². The van der Waals surface area contributed by atoms with Crippen LogP contribution in [0.3, 0.4) is 0 Å². The van der Waals surface area contributed by atoms with E-state index in [1.807, 2.05) is 6.07 Å². The molecule has 21 heavy (non-hydrogen) atoms. The molecule has 1 aliphatic carbocycles. The molecule has 0 saturated heterocycles. The van der Waals surface area contributed by atoms with Gasteiger partial charge in [0.05, 0.1) is 11.3 Å². The maximum absolute atomic E-state index is 12.5. The van der Waals surface area contributed by atoms with Crippen molar-refractivity contribution in [3.63, 3.8) is 0 Å². The van der Waals surface area contributed by atoms with Gasteiger partial charge in [-0.05, 0) is 25.0 Å². The lowest BCUT2D eigenvalue weighted by Crippen LogP contribution is -2.37. The summed E-state index contributed by atoms with van der Waals surface area (Å²) in [5.41, 5.74) is 1.11. The highest BCUT2D eigenvalue weighted by Crippen LogP contribution is 2.22. The van der Waals surface area contributed by atoms with Crippen LogP contribution in [0.1, 0.15) is 42.5 Å². The highest BCUT2D eigenvalue weighted by molar-refractivity contribution is 6.29. The van der Waals surface area contributed by atoms with E-state index in [2.05, 4.69) is 5.32 Å². The van der Waals surface area contributed by atoms with E-state index < -0.39 is 0 Å². The molecule has 1 saturated carbocycles. The fourth-order valence-electron chi connectivity index (χ4n) is 2.69. The normalized spacial score (nSPS) is 15.5. The Bertz CT molecular complexity index is 513. The van der Waals surface area contributed by atoms with Crippen LogP contribution in [0.5, 0.6) is 0 Å². The number of anilines is 1. The Balaban J connectivity index is 2.14. The molecule has 0 bridgehead atoms. The van der Waals surface area contributed by atoms with Crippen LogP contribution in [0.15, 0.2) is 24.3 Å². The average Bonchev–Trinajstić information content (AvgIpc) is 2.54. The zero-order valence-corrected chi connectivity index (χ0v) is 13.0. The fraction of sp³-hybridized carbons (Fsp3) is 0.500. The molecule has 1 N–H and O–H groups in total. The monoisotopic (exact) mass is 308 g/mol. The Morgan fingerprint density at radius 1 is 1.24 bits per heavy atom. The number of carbonyl (C=O) groups is 2. The number of hydrogen-bond acceptors (Lipinski definition) is 2. The largest absolute Gasteiger partial charge is 0.349 e.